The molecule has 6 nitrogen and oxygen atoms in total. The van der Waals surface area contributed by atoms with Gasteiger partial charge in [0.25, 0.3) is 0 Å². The van der Waals surface area contributed by atoms with Crippen molar-refractivity contribution in [2.45, 2.75) is 45.1 Å². The molecule has 0 saturated heterocycles. The number of hydrogen-bond donors (Lipinski definition) is 3. The van der Waals surface area contributed by atoms with E-state index in [-0.39, 0.29) is 23.3 Å². The van der Waals surface area contributed by atoms with Crippen LogP contribution in [0.5, 0.6) is 0 Å². The van der Waals surface area contributed by atoms with E-state index < -0.39 is 12.0 Å². The molecule has 2 amide bonds. The van der Waals surface area contributed by atoms with Gasteiger partial charge in [0.2, 0.25) is 11.8 Å². The Labute approximate surface area is 141 Å². The van der Waals surface area contributed by atoms with E-state index in [9.17, 15) is 14.4 Å². The molecule has 1 unspecified atom stereocenters. The number of nitrogens with one attached hydrogen (secondary N) is 2. The van der Waals surface area contributed by atoms with Crippen molar-refractivity contribution in [1.82, 2.24) is 10.6 Å². The minimum Gasteiger partial charge on any atom is -0.478 e. The lowest BCUT2D eigenvalue weighted by Gasteiger charge is -2.23. The first-order valence-corrected chi connectivity index (χ1v) is 8.34. The minimum atomic E-state index is -0.954. The van der Waals surface area contributed by atoms with Gasteiger partial charge in [0, 0.05) is 13.5 Å². The summed E-state index contributed by atoms with van der Waals surface area (Å²) in [6.45, 7) is 1.88. The van der Waals surface area contributed by atoms with E-state index in [1.807, 2.05) is 0 Å². The number of benzene rings is 1. The molecular weight excluding hydrogens is 308 g/mol. The maximum Gasteiger partial charge on any atom is 0.335 e. The van der Waals surface area contributed by atoms with Crippen molar-refractivity contribution in [3.05, 3.63) is 35.4 Å². The second kappa shape index (κ2) is 8.47. The van der Waals surface area contributed by atoms with Crippen molar-refractivity contribution in [2.75, 3.05) is 6.54 Å². The third-order valence-electron chi connectivity index (χ3n) is 4.43. The fourth-order valence-corrected chi connectivity index (χ4v) is 3.16. The summed E-state index contributed by atoms with van der Waals surface area (Å²) in [7, 11) is 0. The van der Waals surface area contributed by atoms with E-state index >= 15 is 0 Å². The average Bonchev–Trinajstić information content (AvgIpc) is 3.07. The van der Waals surface area contributed by atoms with E-state index in [1.165, 1.54) is 6.92 Å². The molecule has 1 aliphatic carbocycles. The highest BCUT2D eigenvalue weighted by atomic mass is 16.4. The van der Waals surface area contributed by atoms with Gasteiger partial charge in [-0.25, -0.2) is 4.79 Å². The summed E-state index contributed by atoms with van der Waals surface area (Å²) in [5.41, 5.74) is 1.20. The normalized spacial score (nSPS) is 15.7. The topological polar surface area (TPSA) is 95.5 Å². The van der Waals surface area contributed by atoms with Crippen LogP contribution in [-0.2, 0) is 16.0 Å². The smallest absolute Gasteiger partial charge is 0.335 e. The largest absolute Gasteiger partial charge is 0.478 e. The molecule has 1 fully saturated rings. The Morgan fingerprint density at radius 2 is 1.79 bits per heavy atom. The first-order valence-electron chi connectivity index (χ1n) is 8.34. The molecule has 24 heavy (non-hydrogen) atoms. The molecule has 0 aliphatic heterocycles. The zero-order valence-electron chi connectivity index (χ0n) is 13.9. The van der Waals surface area contributed by atoms with Gasteiger partial charge in [0.15, 0.2) is 0 Å². The number of aromatic carboxylic acids is 1. The molecule has 0 heterocycles. The van der Waals surface area contributed by atoms with Crippen LogP contribution in [0.1, 0.15) is 48.5 Å². The Hall–Kier alpha value is -2.37. The van der Waals surface area contributed by atoms with Gasteiger partial charge in [0.05, 0.1) is 5.56 Å². The second-order valence-corrected chi connectivity index (χ2v) is 6.27. The van der Waals surface area contributed by atoms with Crippen LogP contribution < -0.4 is 10.6 Å². The zero-order chi connectivity index (χ0) is 17.5. The summed E-state index contributed by atoms with van der Waals surface area (Å²) in [4.78, 5) is 34.6. The van der Waals surface area contributed by atoms with Gasteiger partial charge in [0.1, 0.15) is 6.04 Å². The number of amides is 2. The number of hydrogen-bond acceptors (Lipinski definition) is 3. The molecule has 1 aromatic rings. The maximum absolute atomic E-state index is 12.4. The molecule has 3 N–H and O–H groups in total. The van der Waals surface area contributed by atoms with Crippen LogP contribution in [0.3, 0.4) is 0 Å². The van der Waals surface area contributed by atoms with E-state index in [2.05, 4.69) is 10.6 Å². The Morgan fingerprint density at radius 3 is 2.33 bits per heavy atom. The fourth-order valence-electron chi connectivity index (χ4n) is 3.16. The maximum atomic E-state index is 12.4. The quantitative estimate of drug-likeness (QED) is 0.709. The second-order valence-electron chi connectivity index (χ2n) is 6.27. The van der Waals surface area contributed by atoms with E-state index in [0.29, 0.717) is 13.0 Å². The number of carbonyl (C=O) groups is 3. The molecule has 1 saturated carbocycles. The summed E-state index contributed by atoms with van der Waals surface area (Å²) in [6.07, 6.45) is 4.75. The van der Waals surface area contributed by atoms with Crippen LogP contribution in [0.25, 0.3) is 0 Å². The Morgan fingerprint density at radius 1 is 1.17 bits per heavy atom. The first-order chi connectivity index (χ1) is 11.5. The van der Waals surface area contributed by atoms with E-state index in [0.717, 1.165) is 31.2 Å². The minimum absolute atomic E-state index is 0.140. The highest BCUT2D eigenvalue weighted by Crippen LogP contribution is 2.27. The molecule has 1 aromatic carbocycles. The Kier molecular flexibility index (Phi) is 6.35. The number of carboxylic acids is 1. The van der Waals surface area contributed by atoms with Crippen molar-refractivity contribution in [3.63, 3.8) is 0 Å². The monoisotopic (exact) mass is 332 g/mol. The van der Waals surface area contributed by atoms with Crippen molar-refractivity contribution in [3.8, 4) is 0 Å². The van der Waals surface area contributed by atoms with Crippen molar-refractivity contribution < 1.29 is 19.5 Å². The van der Waals surface area contributed by atoms with Gasteiger partial charge in [-0.05, 0) is 42.9 Å². The van der Waals surface area contributed by atoms with Crippen LogP contribution in [0.2, 0.25) is 0 Å². The summed E-state index contributed by atoms with van der Waals surface area (Å²) < 4.78 is 0. The standard InChI is InChI=1S/C18H24N2O4/c1-12(21)20-16(14-4-2-3-5-14)17(22)19-11-10-13-6-8-15(9-7-13)18(23)24/h6-9,14,16H,2-5,10-11H2,1H3,(H,19,22)(H,20,21)(H,23,24). The Bertz CT molecular complexity index is 592. The summed E-state index contributed by atoms with van der Waals surface area (Å²) in [5.74, 6) is -1.07. The molecule has 1 atom stereocenters. The first kappa shape index (κ1) is 18.0. The molecule has 6 heteroatoms. The zero-order valence-corrected chi connectivity index (χ0v) is 13.9. The van der Waals surface area contributed by atoms with Crippen molar-refractivity contribution in [2.24, 2.45) is 5.92 Å². The third-order valence-corrected chi connectivity index (χ3v) is 4.43. The molecule has 130 valence electrons. The predicted octanol–water partition coefficient (Wildman–Crippen LogP) is 1.74. The average molecular weight is 332 g/mol. The lowest BCUT2D eigenvalue weighted by atomic mass is 9.97. The van der Waals surface area contributed by atoms with Gasteiger partial charge in [-0.3, -0.25) is 9.59 Å². The van der Waals surface area contributed by atoms with Crippen molar-refractivity contribution in [1.29, 1.82) is 0 Å². The van der Waals surface area contributed by atoms with Crippen LogP contribution >= 0.6 is 0 Å². The third kappa shape index (κ3) is 5.08. The van der Waals surface area contributed by atoms with Gasteiger partial charge < -0.3 is 15.7 Å². The van der Waals surface area contributed by atoms with Gasteiger partial charge in [-0.1, -0.05) is 25.0 Å². The molecule has 1 aliphatic rings. The molecule has 0 bridgehead atoms. The molecule has 0 spiro atoms. The fraction of sp³-hybridized carbons (Fsp3) is 0.500. The molecule has 0 aromatic heterocycles. The molecule has 2 rings (SSSR count). The summed E-state index contributed by atoms with van der Waals surface area (Å²) >= 11 is 0. The van der Waals surface area contributed by atoms with Gasteiger partial charge in [-0.15, -0.1) is 0 Å². The van der Waals surface area contributed by atoms with Crippen LogP contribution in [-0.4, -0.2) is 35.5 Å². The van der Waals surface area contributed by atoms with Crippen molar-refractivity contribution >= 4 is 17.8 Å². The van der Waals surface area contributed by atoms with Gasteiger partial charge >= 0.3 is 5.97 Å². The molecular formula is C18H24N2O4. The number of carboxylic acid groups (broad SMARTS) is 1. The summed E-state index contributed by atoms with van der Waals surface area (Å²) in [5, 5.41) is 14.5. The van der Waals surface area contributed by atoms with E-state index in [1.54, 1.807) is 24.3 Å². The van der Waals surface area contributed by atoms with E-state index in [4.69, 9.17) is 5.11 Å². The molecule has 0 radical (unpaired) electrons. The number of rotatable bonds is 7. The highest BCUT2D eigenvalue weighted by molar-refractivity contribution is 5.88. The van der Waals surface area contributed by atoms with Crippen LogP contribution in [0.15, 0.2) is 24.3 Å². The van der Waals surface area contributed by atoms with Crippen LogP contribution in [0.4, 0.5) is 0 Å². The highest BCUT2D eigenvalue weighted by Gasteiger charge is 2.30. The number of carbonyl (C=O) groups excluding carboxylic acids is 2. The lowest BCUT2D eigenvalue weighted by molar-refractivity contribution is -0.129. The van der Waals surface area contributed by atoms with Crippen LogP contribution in [0, 0.1) is 5.92 Å². The SMILES string of the molecule is CC(=O)NC(C(=O)NCCc1ccc(C(=O)O)cc1)C1CCCC1. The summed E-state index contributed by atoms with van der Waals surface area (Å²) in [6, 6.07) is 6.14. The lowest BCUT2D eigenvalue weighted by Crippen LogP contribution is -2.50. The Balaban J connectivity index is 1.85. The van der Waals surface area contributed by atoms with Gasteiger partial charge in [-0.2, -0.15) is 0 Å². The predicted molar refractivity (Wildman–Crippen MR) is 89.7 cm³/mol.